The largest absolute Gasteiger partial charge is 0.352 e. The lowest BCUT2D eigenvalue weighted by atomic mass is 10.0. The van der Waals surface area contributed by atoms with Crippen molar-refractivity contribution in [2.24, 2.45) is 0 Å². The molecule has 1 aliphatic rings. The fourth-order valence-electron chi connectivity index (χ4n) is 2.21. The van der Waals surface area contributed by atoms with Gasteiger partial charge in [-0.05, 0) is 25.0 Å². The zero-order valence-corrected chi connectivity index (χ0v) is 11.6. The Bertz CT molecular complexity index is 504. The van der Waals surface area contributed by atoms with Crippen LogP contribution in [-0.4, -0.2) is 46.7 Å². The number of carbonyl (C=O) groups excluding carboxylic acids is 2. The van der Waals surface area contributed by atoms with Gasteiger partial charge in [0.05, 0.1) is 5.56 Å². The second kappa shape index (κ2) is 6.65. The Morgan fingerprint density at radius 2 is 2.15 bits per heavy atom. The third kappa shape index (κ3) is 3.45. The molecular formula is C13H15ClFN3O2. The third-order valence-corrected chi connectivity index (χ3v) is 3.50. The first-order valence-electron chi connectivity index (χ1n) is 6.37. The smallest absolute Gasteiger partial charge is 0.258 e. The molecule has 5 nitrogen and oxygen atoms in total. The van der Waals surface area contributed by atoms with Gasteiger partial charge in [0.25, 0.3) is 5.91 Å². The van der Waals surface area contributed by atoms with Crippen LogP contribution >= 0.6 is 11.6 Å². The summed E-state index contributed by atoms with van der Waals surface area (Å²) in [5, 5.41) is 2.78. The molecule has 7 heteroatoms. The Labute approximate surface area is 121 Å². The molecule has 1 N–H and O–H groups in total. The zero-order valence-electron chi connectivity index (χ0n) is 10.8. The SMILES string of the molecule is O=C(CCl)NC1CCN(C(=O)c2cccnc2F)CC1. The number of aromatic nitrogens is 1. The fourth-order valence-corrected chi connectivity index (χ4v) is 2.29. The molecule has 1 aliphatic heterocycles. The maximum absolute atomic E-state index is 13.5. The maximum Gasteiger partial charge on any atom is 0.258 e. The van der Waals surface area contributed by atoms with Gasteiger partial charge in [0, 0.05) is 25.3 Å². The van der Waals surface area contributed by atoms with Gasteiger partial charge in [0.1, 0.15) is 5.88 Å². The number of rotatable bonds is 3. The minimum Gasteiger partial charge on any atom is -0.352 e. The first-order chi connectivity index (χ1) is 9.61. The van der Waals surface area contributed by atoms with E-state index in [1.54, 1.807) is 4.90 Å². The molecule has 0 radical (unpaired) electrons. The predicted molar refractivity (Wildman–Crippen MR) is 72.0 cm³/mol. The van der Waals surface area contributed by atoms with E-state index < -0.39 is 5.95 Å². The number of hydrogen-bond acceptors (Lipinski definition) is 3. The highest BCUT2D eigenvalue weighted by molar-refractivity contribution is 6.27. The van der Waals surface area contributed by atoms with Crippen molar-refractivity contribution in [1.82, 2.24) is 15.2 Å². The number of nitrogens with zero attached hydrogens (tertiary/aromatic N) is 2. The Hall–Kier alpha value is -1.69. The van der Waals surface area contributed by atoms with Gasteiger partial charge in [-0.25, -0.2) is 4.98 Å². The Balaban J connectivity index is 1.92. The van der Waals surface area contributed by atoms with Gasteiger partial charge in [0.2, 0.25) is 11.9 Å². The van der Waals surface area contributed by atoms with Crippen molar-refractivity contribution in [1.29, 1.82) is 0 Å². The Kier molecular flexibility index (Phi) is 4.89. The third-order valence-electron chi connectivity index (χ3n) is 3.26. The summed E-state index contributed by atoms with van der Waals surface area (Å²) >= 11 is 5.42. The number of halogens is 2. The van der Waals surface area contributed by atoms with E-state index in [0.29, 0.717) is 25.9 Å². The van der Waals surface area contributed by atoms with E-state index in [0.717, 1.165) is 0 Å². The van der Waals surface area contributed by atoms with Gasteiger partial charge >= 0.3 is 0 Å². The minimum absolute atomic E-state index is 0.0176. The average molecular weight is 300 g/mol. The van der Waals surface area contributed by atoms with Gasteiger partial charge in [0.15, 0.2) is 0 Å². The van der Waals surface area contributed by atoms with E-state index in [4.69, 9.17) is 11.6 Å². The van der Waals surface area contributed by atoms with Crippen molar-refractivity contribution in [3.63, 3.8) is 0 Å². The summed E-state index contributed by atoms with van der Waals surface area (Å²) in [7, 11) is 0. The number of piperidine rings is 1. The van der Waals surface area contributed by atoms with Crippen LogP contribution in [0.3, 0.4) is 0 Å². The van der Waals surface area contributed by atoms with Gasteiger partial charge in [-0.1, -0.05) is 0 Å². The molecule has 0 spiro atoms. The molecule has 0 atom stereocenters. The minimum atomic E-state index is -0.755. The highest BCUT2D eigenvalue weighted by atomic mass is 35.5. The van der Waals surface area contributed by atoms with Crippen LogP contribution in [0, 0.1) is 5.95 Å². The van der Waals surface area contributed by atoms with Crippen LogP contribution in [0.5, 0.6) is 0 Å². The highest BCUT2D eigenvalue weighted by Crippen LogP contribution is 2.15. The van der Waals surface area contributed by atoms with E-state index in [1.807, 2.05) is 0 Å². The lowest BCUT2D eigenvalue weighted by Gasteiger charge is -2.32. The Morgan fingerprint density at radius 1 is 1.45 bits per heavy atom. The second-order valence-electron chi connectivity index (χ2n) is 4.61. The standard InChI is InChI=1S/C13H15ClFN3O2/c14-8-11(19)17-9-3-6-18(7-4-9)13(20)10-2-1-5-16-12(10)15/h1-2,5,9H,3-4,6-8H2,(H,17,19). The molecule has 1 aromatic rings. The van der Waals surface area contributed by atoms with Crippen molar-refractivity contribution in [3.8, 4) is 0 Å². The quantitative estimate of drug-likeness (QED) is 0.673. The maximum atomic E-state index is 13.5. The molecule has 0 saturated carbocycles. The number of likely N-dealkylation sites (tertiary alicyclic amines) is 1. The topological polar surface area (TPSA) is 62.3 Å². The summed E-state index contributed by atoms with van der Waals surface area (Å²) in [4.78, 5) is 28.4. The Morgan fingerprint density at radius 3 is 2.75 bits per heavy atom. The van der Waals surface area contributed by atoms with Crippen molar-refractivity contribution in [3.05, 3.63) is 29.8 Å². The molecule has 2 rings (SSSR count). The summed E-state index contributed by atoms with van der Waals surface area (Å²) in [6.07, 6.45) is 2.58. The molecule has 1 aromatic heterocycles. The lowest BCUT2D eigenvalue weighted by molar-refractivity contribution is -0.119. The van der Waals surface area contributed by atoms with Gasteiger partial charge < -0.3 is 10.2 Å². The van der Waals surface area contributed by atoms with Crippen LogP contribution in [0.2, 0.25) is 0 Å². The molecule has 1 saturated heterocycles. The molecule has 20 heavy (non-hydrogen) atoms. The fraction of sp³-hybridized carbons (Fsp3) is 0.462. The number of carbonyl (C=O) groups is 2. The van der Waals surface area contributed by atoms with Crippen LogP contribution in [0.4, 0.5) is 4.39 Å². The van der Waals surface area contributed by atoms with Crippen molar-refractivity contribution < 1.29 is 14.0 Å². The summed E-state index contributed by atoms with van der Waals surface area (Å²) in [5.41, 5.74) is -0.0178. The number of alkyl halides is 1. The van der Waals surface area contributed by atoms with Crippen LogP contribution in [-0.2, 0) is 4.79 Å². The van der Waals surface area contributed by atoms with Crippen LogP contribution in [0.15, 0.2) is 18.3 Å². The number of nitrogens with one attached hydrogen (secondary N) is 1. The average Bonchev–Trinajstić information content (AvgIpc) is 2.47. The molecule has 2 heterocycles. The van der Waals surface area contributed by atoms with Crippen LogP contribution < -0.4 is 5.32 Å². The number of hydrogen-bond donors (Lipinski definition) is 1. The van der Waals surface area contributed by atoms with Gasteiger partial charge in [-0.15, -0.1) is 11.6 Å². The molecule has 0 aromatic carbocycles. The van der Waals surface area contributed by atoms with Crippen molar-refractivity contribution in [2.45, 2.75) is 18.9 Å². The zero-order chi connectivity index (χ0) is 14.5. The molecule has 0 aliphatic carbocycles. The molecule has 108 valence electrons. The molecule has 1 fully saturated rings. The number of pyridine rings is 1. The van der Waals surface area contributed by atoms with Gasteiger partial charge in [-0.3, -0.25) is 9.59 Å². The van der Waals surface area contributed by atoms with E-state index in [9.17, 15) is 14.0 Å². The highest BCUT2D eigenvalue weighted by Gasteiger charge is 2.26. The molecule has 0 bridgehead atoms. The number of amides is 2. The summed E-state index contributed by atoms with van der Waals surface area (Å²) < 4.78 is 13.5. The van der Waals surface area contributed by atoms with E-state index in [1.165, 1.54) is 18.3 Å². The summed E-state index contributed by atoms with van der Waals surface area (Å²) in [6.45, 7) is 0.945. The second-order valence-corrected chi connectivity index (χ2v) is 4.88. The first kappa shape index (κ1) is 14.7. The van der Waals surface area contributed by atoms with E-state index in [2.05, 4.69) is 10.3 Å². The molecule has 2 amide bonds. The molecular weight excluding hydrogens is 285 g/mol. The summed E-state index contributed by atoms with van der Waals surface area (Å²) in [5.74, 6) is -1.40. The van der Waals surface area contributed by atoms with Crippen molar-refractivity contribution >= 4 is 23.4 Å². The molecule has 0 unspecified atom stereocenters. The monoisotopic (exact) mass is 299 g/mol. The summed E-state index contributed by atoms with van der Waals surface area (Å²) in [6, 6.07) is 2.97. The van der Waals surface area contributed by atoms with Crippen LogP contribution in [0.25, 0.3) is 0 Å². The normalized spacial score (nSPS) is 16.0. The van der Waals surface area contributed by atoms with Crippen LogP contribution in [0.1, 0.15) is 23.2 Å². The van der Waals surface area contributed by atoms with E-state index >= 15 is 0 Å². The van der Waals surface area contributed by atoms with Crippen molar-refractivity contribution in [2.75, 3.05) is 19.0 Å². The van der Waals surface area contributed by atoms with Gasteiger partial charge in [-0.2, -0.15) is 4.39 Å². The lowest BCUT2D eigenvalue weighted by Crippen LogP contribution is -2.47. The van der Waals surface area contributed by atoms with E-state index in [-0.39, 0.29) is 29.3 Å². The predicted octanol–water partition coefficient (Wildman–Crippen LogP) is 1.18. The first-order valence-corrected chi connectivity index (χ1v) is 6.90.